The summed E-state index contributed by atoms with van der Waals surface area (Å²) in [7, 11) is -2.29. The minimum atomic E-state index is -3.82. The van der Waals surface area contributed by atoms with Gasteiger partial charge in [0.15, 0.2) is 0 Å². The molecule has 0 aliphatic rings. The maximum absolute atomic E-state index is 12.0. The summed E-state index contributed by atoms with van der Waals surface area (Å²) in [5, 5.41) is 10.6. The van der Waals surface area contributed by atoms with Gasteiger partial charge in [0.25, 0.3) is 5.69 Å². The maximum atomic E-state index is 12.0. The van der Waals surface area contributed by atoms with Crippen LogP contribution in [0.4, 0.5) is 5.69 Å². The molecule has 0 spiro atoms. The van der Waals surface area contributed by atoms with E-state index in [4.69, 9.17) is 16.3 Å². The van der Waals surface area contributed by atoms with E-state index in [2.05, 4.69) is 4.72 Å². The summed E-state index contributed by atoms with van der Waals surface area (Å²) in [6, 6.07) is 3.34. The Morgan fingerprint density at radius 3 is 2.70 bits per heavy atom. The molecule has 0 amide bonds. The zero-order chi connectivity index (χ0) is 15.3. The first kappa shape index (κ1) is 16.8. The average Bonchev–Trinajstić information content (AvgIpc) is 2.37. The highest BCUT2D eigenvalue weighted by Crippen LogP contribution is 2.26. The molecule has 1 N–H and O–H groups in total. The van der Waals surface area contributed by atoms with Gasteiger partial charge in [0.2, 0.25) is 10.0 Å². The zero-order valence-electron chi connectivity index (χ0n) is 11.0. The smallest absolute Gasteiger partial charge is 0.289 e. The standard InChI is InChI=1S/C11H15ClN2O5S/c1-8(7-19-2)6-13-20(17,18)9-3-4-10(12)11(5-9)14(15)16/h3-5,8,13H,6-7H2,1-2H3. The first-order valence-corrected chi connectivity index (χ1v) is 7.56. The van der Waals surface area contributed by atoms with Crippen LogP contribution in [0.3, 0.4) is 0 Å². The Balaban J connectivity index is 2.93. The summed E-state index contributed by atoms with van der Waals surface area (Å²) in [6.07, 6.45) is 0. The van der Waals surface area contributed by atoms with Crippen LogP contribution in [-0.4, -0.2) is 33.6 Å². The molecule has 0 aliphatic heterocycles. The van der Waals surface area contributed by atoms with E-state index in [9.17, 15) is 18.5 Å². The molecular weight excluding hydrogens is 308 g/mol. The highest BCUT2D eigenvalue weighted by molar-refractivity contribution is 7.89. The molecule has 1 aromatic carbocycles. The molecule has 9 heteroatoms. The molecule has 0 saturated heterocycles. The van der Waals surface area contributed by atoms with Gasteiger partial charge < -0.3 is 4.74 Å². The summed E-state index contributed by atoms with van der Waals surface area (Å²) in [5.74, 6) is -0.0166. The topological polar surface area (TPSA) is 98.5 Å². The van der Waals surface area contributed by atoms with Gasteiger partial charge in [-0.2, -0.15) is 0 Å². The van der Waals surface area contributed by atoms with Crippen LogP contribution in [0.1, 0.15) is 6.92 Å². The van der Waals surface area contributed by atoms with Gasteiger partial charge in [-0.15, -0.1) is 0 Å². The largest absolute Gasteiger partial charge is 0.384 e. The number of hydrogen-bond donors (Lipinski definition) is 1. The van der Waals surface area contributed by atoms with Crippen molar-refractivity contribution in [1.82, 2.24) is 4.72 Å². The second-order valence-corrected chi connectivity index (χ2v) is 6.46. The van der Waals surface area contributed by atoms with Gasteiger partial charge in [-0.1, -0.05) is 18.5 Å². The van der Waals surface area contributed by atoms with Crippen molar-refractivity contribution in [2.45, 2.75) is 11.8 Å². The number of rotatable bonds is 7. The number of sulfonamides is 1. The second-order valence-electron chi connectivity index (χ2n) is 4.28. The summed E-state index contributed by atoms with van der Waals surface area (Å²) in [5.41, 5.74) is -0.445. The van der Waals surface area contributed by atoms with Crippen LogP contribution >= 0.6 is 11.6 Å². The molecule has 7 nitrogen and oxygen atoms in total. The van der Waals surface area contributed by atoms with Crippen molar-refractivity contribution in [3.63, 3.8) is 0 Å². The van der Waals surface area contributed by atoms with E-state index >= 15 is 0 Å². The lowest BCUT2D eigenvalue weighted by Gasteiger charge is -2.12. The number of nitro benzene ring substituents is 1. The number of ether oxygens (including phenoxy) is 1. The molecule has 0 saturated carbocycles. The van der Waals surface area contributed by atoms with Crippen LogP contribution < -0.4 is 4.72 Å². The monoisotopic (exact) mass is 322 g/mol. The van der Waals surface area contributed by atoms with Crippen LogP contribution in [0, 0.1) is 16.0 Å². The molecule has 0 aromatic heterocycles. The fourth-order valence-electron chi connectivity index (χ4n) is 1.48. The molecule has 0 bridgehead atoms. The van der Waals surface area contributed by atoms with Crippen molar-refractivity contribution in [1.29, 1.82) is 0 Å². The van der Waals surface area contributed by atoms with Gasteiger partial charge in [-0.25, -0.2) is 13.1 Å². The molecule has 20 heavy (non-hydrogen) atoms. The van der Waals surface area contributed by atoms with Crippen molar-refractivity contribution in [2.24, 2.45) is 5.92 Å². The highest BCUT2D eigenvalue weighted by Gasteiger charge is 2.20. The van der Waals surface area contributed by atoms with Gasteiger partial charge in [-0.05, 0) is 18.1 Å². The quantitative estimate of drug-likeness (QED) is 0.609. The molecule has 1 unspecified atom stereocenters. The fraction of sp³-hybridized carbons (Fsp3) is 0.455. The van der Waals surface area contributed by atoms with Crippen LogP contribution in [0.5, 0.6) is 0 Å². The minimum absolute atomic E-state index is 0.0166. The van der Waals surface area contributed by atoms with E-state index in [0.717, 1.165) is 6.07 Å². The van der Waals surface area contributed by atoms with Gasteiger partial charge >= 0.3 is 0 Å². The second kappa shape index (κ2) is 6.98. The Bertz CT molecular complexity index is 590. The lowest BCUT2D eigenvalue weighted by atomic mass is 10.2. The van der Waals surface area contributed by atoms with Gasteiger partial charge in [0, 0.05) is 26.3 Å². The molecule has 0 fully saturated rings. The Morgan fingerprint density at radius 1 is 1.50 bits per heavy atom. The van der Waals surface area contributed by atoms with E-state index in [1.54, 1.807) is 0 Å². The number of nitro groups is 1. The highest BCUT2D eigenvalue weighted by atomic mass is 35.5. The van der Waals surface area contributed by atoms with Crippen molar-refractivity contribution >= 4 is 27.3 Å². The predicted molar refractivity (Wildman–Crippen MR) is 74.3 cm³/mol. The molecule has 1 aromatic rings. The third kappa shape index (κ3) is 4.41. The van der Waals surface area contributed by atoms with Crippen molar-refractivity contribution < 1.29 is 18.1 Å². The first-order chi connectivity index (χ1) is 9.27. The van der Waals surface area contributed by atoms with E-state index in [-0.39, 0.29) is 22.4 Å². The van der Waals surface area contributed by atoms with E-state index in [0.29, 0.717) is 6.61 Å². The van der Waals surface area contributed by atoms with Crippen molar-refractivity contribution in [3.8, 4) is 0 Å². The summed E-state index contributed by atoms with van der Waals surface area (Å²) < 4.78 is 31.3. The number of nitrogens with one attached hydrogen (secondary N) is 1. The van der Waals surface area contributed by atoms with Crippen LogP contribution in [0.25, 0.3) is 0 Å². The number of benzene rings is 1. The molecule has 1 atom stereocenters. The SMILES string of the molecule is COCC(C)CNS(=O)(=O)c1ccc(Cl)c([N+](=O)[O-])c1. The summed E-state index contributed by atoms with van der Waals surface area (Å²) in [4.78, 5) is 9.82. The van der Waals surface area contributed by atoms with Gasteiger partial charge in [-0.3, -0.25) is 10.1 Å². The normalized spacial score (nSPS) is 13.2. The van der Waals surface area contributed by atoms with Crippen LogP contribution in [0.15, 0.2) is 23.1 Å². The van der Waals surface area contributed by atoms with E-state index in [1.807, 2.05) is 6.92 Å². The minimum Gasteiger partial charge on any atom is -0.384 e. The third-order valence-electron chi connectivity index (χ3n) is 2.50. The predicted octanol–water partition coefficient (Wildman–Crippen LogP) is 1.81. The Kier molecular flexibility index (Phi) is 5.88. The lowest BCUT2D eigenvalue weighted by molar-refractivity contribution is -0.384. The molecule has 0 aliphatic carbocycles. The van der Waals surface area contributed by atoms with Crippen molar-refractivity contribution in [3.05, 3.63) is 33.3 Å². The Labute approximate surface area is 122 Å². The lowest BCUT2D eigenvalue weighted by Crippen LogP contribution is -2.30. The number of hydrogen-bond acceptors (Lipinski definition) is 5. The summed E-state index contributed by atoms with van der Waals surface area (Å²) in [6.45, 7) is 2.40. The van der Waals surface area contributed by atoms with E-state index < -0.39 is 20.6 Å². The van der Waals surface area contributed by atoms with Gasteiger partial charge in [0.1, 0.15) is 5.02 Å². The Morgan fingerprint density at radius 2 is 2.15 bits per heavy atom. The molecular formula is C11H15ClN2O5S. The zero-order valence-corrected chi connectivity index (χ0v) is 12.6. The molecule has 0 radical (unpaired) electrons. The molecule has 112 valence electrons. The maximum Gasteiger partial charge on any atom is 0.289 e. The number of methoxy groups -OCH3 is 1. The molecule has 0 heterocycles. The molecule has 1 rings (SSSR count). The van der Waals surface area contributed by atoms with Crippen LogP contribution in [-0.2, 0) is 14.8 Å². The Hall–Kier alpha value is -1.22. The number of halogens is 1. The third-order valence-corrected chi connectivity index (χ3v) is 4.24. The fourth-order valence-corrected chi connectivity index (χ4v) is 2.85. The van der Waals surface area contributed by atoms with E-state index in [1.165, 1.54) is 19.2 Å². The van der Waals surface area contributed by atoms with Crippen molar-refractivity contribution in [2.75, 3.05) is 20.3 Å². The number of nitrogens with zero attached hydrogens (tertiary/aromatic N) is 1. The average molecular weight is 323 g/mol. The van der Waals surface area contributed by atoms with Gasteiger partial charge in [0.05, 0.1) is 9.82 Å². The first-order valence-electron chi connectivity index (χ1n) is 5.70. The van der Waals surface area contributed by atoms with Crippen LogP contribution in [0.2, 0.25) is 5.02 Å². The summed E-state index contributed by atoms with van der Waals surface area (Å²) >= 11 is 5.64.